The van der Waals surface area contributed by atoms with Gasteiger partial charge in [-0.15, -0.1) is 0 Å². The van der Waals surface area contributed by atoms with Gasteiger partial charge in [0.2, 0.25) is 11.6 Å². The number of halogens is 1. The summed E-state index contributed by atoms with van der Waals surface area (Å²) in [6.45, 7) is 0.509. The van der Waals surface area contributed by atoms with E-state index in [1.54, 1.807) is 19.2 Å². The number of rotatable bonds is 4. The number of hydrogen-bond acceptors (Lipinski definition) is 4. The van der Waals surface area contributed by atoms with E-state index in [0.29, 0.717) is 28.4 Å². The molecule has 0 bridgehead atoms. The fourth-order valence-corrected chi connectivity index (χ4v) is 3.34. The van der Waals surface area contributed by atoms with E-state index in [-0.39, 0.29) is 5.71 Å². The van der Waals surface area contributed by atoms with E-state index in [1.165, 1.54) is 11.6 Å². The molecule has 1 N–H and O–H groups in total. The number of hydrogen-bond donors (Lipinski definition) is 1. The summed E-state index contributed by atoms with van der Waals surface area (Å²) in [5.74, 6) is 0.430. The largest absolute Gasteiger partial charge is 0.423 e. The standard InChI is InChI=1S/C21H18ClN3O3/c1-24-19(26)17-16(14-8-10-15(22)11-9-14)18(28-20(17)25(2)21(24)27)23-12-13-6-4-3-5-7-13/h3-11,23H,12H2,1-2H3. The first-order valence-electron chi connectivity index (χ1n) is 8.73. The molecule has 2 heterocycles. The maximum atomic E-state index is 12.9. The quantitative estimate of drug-likeness (QED) is 0.571. The fourth-order valence-electron chi connectivity index (χ4n) is 3.21. The molecule has 142 valence electrons. The number of nitrogens with zero attached hydrogens (tertiary/aromatic N) is 2. The van der Waals surface area contributed by atoms with E-state index in [1.807, 2.05) is 42.5 Å². The van der Waals surface area contributed by atoms with Crippen molar-refractivity contribution < 1.29 is 4.42 Å². The van der Waals surface area contributed by atoms with Crippen LogP contribution in [0.5, 0.6) is 0 Å². The number of aryl methyl sites for hydroxylation is 1. The Labute approximate surface area is 165 Å². The van der Waals surface area contributed by atoms with E-state index < -0.39 is 11.2 Å². The summed E-state index contributed by atoms with van der Waals surface area (Å²) in [5, 5.41) is 4.20. The summed E-state index contributed by atoms with van der Waals surface area (Å²) in [5.41, 5.74) is 1.83. The van der Waals surface area contributed by atoms with Crippen molar-refractivity contribution in [1.29, 1.82) is 0 Å². The number of aromatic nitrogens is 2. The highest BCUT2D eigenvalue weighted by atomic mass is 35.5. The first-order valence-corrected chi connectivity index (χ1v) is 9.11. The maximum Gasteiger partial charge on any atom is 0.333 e. The molecule has 0 aliphatic rings. The Balaban J connectivity index is 1.95. The van der Waals surface area contributed by atoms with Gasteiger partial charge in [-0.2, -0.15) is 0 Å². The zero-order chi connectivity index (χ0) is 19.8. The number of fused-ring (bicyclic) bond motifs is 1. The second kappa shape index (κ2) is 7.05. The Morgan fingerprint density at radius 2 is 1.64 bits per heavy atom. The Bertz CT molecular complexity index is 1270. The first kappa shape index (κ1) is 18.1. The summed E-state index contributed by atoms with van der Waals surface area (Å²) in [7, 11) is 3.04. The third-order valence-corrected chi connectivity index (χ3v) is 4.97. The van der Waals surface area contributed by atoms with Crippen molar-refractivity contribution in [2.75, 3.05) is 5.32 Å². The Hall–Kier alpha value is -3.25. The second-order valence-electron chi connectivity index (χ2n) is 6.54. The van der Waals surface area contributed by atoms with Gasteiger partial charge in [0.15, 0.2) is 0 Å². The van der Waals surface area contributed by atoms with Gasteiger partial charge in [-0.05, 0) is 23.3 Å². The van der Waals surface area contributed by atoms with Crippen LogP contribution in [0, 0.1) is 0 Å². The lowest BCUT2D eigenvalue weighted by molar-refractivity contribution is 0.573. The Kier molecular flexibility index (Phi) is 4.57. The molecule has 28 heavy (non-hydrogen) atoms. The fraction of sp³-hybridized carbons (Fsp3) is 0.143. The van der Waals surface area contributed by atoms with Crippen LogP contribution < -0.4 is 16.6 Å². The van der Waals surface area contributed by atoms with Crippen molar-refractivity contribution in [3.05, 3.63) is 86.0 Å². The van der Waals surface area contributed by atoms with Gasteiger partial charge in [-0.3, -0.25) is 13.9 Å². The smallest absolute Gasteiger partial charge is 0.333 e. The maximum absolute atomic E-state index is 12.9. The van der Waals surface area contributed by atoms with Gasteiger partial charge >= 0.3 is 5.69 Å². The number of anilines is 1. The molecule has 0 atom stereocenters. The normalized spacial score (nSPS) is 11.1. The molecule has 0 radical (unpaired) electrons. The molecule has 6 nitrogen and oxygen atoms in total. The summed E-state index contributed by atoms with van der Waals surface area (Å²) in [6.07, 6.45) is 0. The minimum Gasteiger partial charge on any atom is -0.423 e. The second-order valence-corrected chi connectivity index (χ2v) is 6.97. The van der Waals surface area contributed by atoms with Crippen molar-refractivity contribution in [3.8, 4) is 11.1 Å². The van der Waals surface area contributed by atoms with E-state index >= 15 is 0 Å². The number of furan rings is 1. The molecule has 0 saturated heterocycles. The molecule has 0 unspecified atom stereocenters. The summed E-state index contributed by atoms with van der Waals surface area (Å²) < 4.78 is 8.38. The third-order valence-electron chi connectivity index (χ3n) is 4.72. The van der Waals surface area contributed by atoms with E-state index in [2.05, 4.69) is 5.32 Å². The van der Waals surface area contributed by atoms with E-state index in [4.69, 9.17) is 16.0 Å². The van der Waals surface area contributed by atoms with Crippen molar-refractivity contribution >= 4 is 28.6 Å². The molecule has 0 aliphatic heterocycles. The molecular weight excluding hydrogens is 378 g/mol. The van der Waals surface area contributed by atoms with Crippen LogP contribution >= 0.6 is 11.6 Å². The van der Waals surface area contributed by atoms with Gasteiger partial charge in [-0.25, -0.2) is 4.79 Å². The highest BCUT2D eigenvalue weighted by Gasteiger charge is 2.23. The molecule has 0 amide bonds. The van der Waals surface area contributed by atoms with Crippen LogP contribution in [0.2, 0.25) is 5.02 Å². The third kappa shape index (κ3) is 3.01. The Morgan fingerprint density at radius 1 is 0.964 bits per heavy atom. The molecule has 0 saturated carbocycles. The average molecular weight is 396 g/mol. The zero-order valence-electron chi connectivity index (χ0n) is 15.4. The van der Waals surface area contributed by atoms with Crippen LogP contribution in [0.3, 0.4) is 0 Å². The number of benzene rings is 2. The summed E-state index contributed by atoms with van der Waals surface area (Å²) in [4.78, 5) is 25.2. The van der Waals surface area contributed by atoms with Crippen LogP contribution in [-0.2, 0) is 20.6 Å². The zero-order valence-corrected chi connectivity index (χ0v) is 16.2. The molecule has 4 aromatic rings. The molecule has 2 aromatic carbocycles. The highest BCUT2D eigenvalue weighted by molar-refractivity contribution is 6.30. The van der Waals surface area contributed by atoms with Gasteiger partial charge in [0, 0.05) is 25.7 Å². The molecule has 0 aliphatic carbocycles. The van der Waals surface area contributed by atoms with Crippen molar-refractivity contribution in [1.82, 2.24) is 9.13 Å². The van der Waals surface area contributed by atoms with Gasteiger partial charge in [0.25, 0.3) is 5.56 Å². The van der Waals surface area contributed by atoms with Gasteiger partial charge in [0.05, 0.1) is 5.56 Å². The van der Waals surface area contributed by atoms with Crippen LogP contribution in [0.15, 0.2) is 68.6 Å². The SMILES string of the molecule is Cn1c(=O)c2c(-c3ccc(Cl)cc3)c(NCc3ccccc3)oc2n(C)c1=O. The Morgan fingerprint density at radius 3 is 2.32 bits per heavy atom. The van der Waals surface area contributed by atoms with Crippen molar-refractivity contribution in [3.63, 3.8) is 0 Å². The van der Waals surface area contributed by atoms with Crippen LogP contribution in [0.1, 0.15) is 5.56 Å². The molecule has 4 rings (SSSR count). The van der Waals surface area contributed by atoms with Gasteiger partial charge in [-0.1, -0.05) is 54.1 Å². The van der Waals surface area contributed by atoms with Gasteiger partial charge in [0.1, 0.15) is 5.39 Å². The van der Waals surface area contributed by atoms with Crippen molar-refractivity contribution in [2.45, 2.75) is 6.54 Å². The topological polar surface area (TPSA) is 69.2 Å². The van der Waals surface area contributed by atoms with Crippen LogP contribution in [0.4, 0.5) is 5.88 Å². The minimum atomic E-state index is -0.441. The number of nitrogens with one attached hydrogen (secondary N) is 1. The van der Waals surface area contributed by atoms with Crippen molar-refractivity contribution in [2.24, 2.45) is 14.1 Å². The highest BCUT2D eigenvalue weighted by Crippen LogP contribution is 2.37. The molecule has 0 fully saturated rings. The van der Waals surface area contributed by atoms with E-state index in [0.717, 1.165) is 15.7 Å². The lowest BCUT2D eigenvalue weighted by Crippen LogP contribution is -2.36. The first-order chi connectivity index (χ1) is 13.5. The predicted molar refractivity (Wildman–Crippen MR) is 111 cm³/mol. The minimum absolute atomic E-state index is 0.230. The van der Waals surface area contributed by atoms with Crippen LogP contribution in [-0.4, -0.2) is 9.13 Å². The van der Waals surface area contributed by atoms with Gasteiger partial charge < -0.3 is 9.73 Å². The predicted octanol–water partition coefficient (Wildman–Crippen LogP) is 3.76. The summed E-state index contributed by atoms with van der Waals surface area (Å²) in [6, 6.07) is 17.0. The lowest BCUT2D eigenvalue weighted by Gasteiger charge is -2.07. The molecule has 7 heteroatoms. The molecule has 0 spiro atoms. The monoisotopic (exact) mass is 395 g/mol. The van der Waals surface area contributed by atoms with E-state index in [9.17, 15) is 9.59 Å². The molecular formula is C21H18ClN3O3. The average Bonchev–Trinajstić information content (AvgIpc) is 3.10. The summed E-state index contributed by atoms with van der Waals surface area (Å²) >= 11 is 6.02. The molecule has 2 aromatic heterocycles. The van der Waals surface area contributed by atoms with Crippen LogP contribution in [0.25, 0.3) is 22.2 Å². The lowest BCUT2D eigenvalue weighted by atomic mass is 10.1.